The van der Waals surface area contributed by atoms with Gasteiger partial charge < -0.3 is 39.0 Å². The Morgan fingerprint density at radius 2 is 1.26 bits per heavy atom. The van der Waals surface area contributed by atoms with Crippen LogP contribution in [0.4, 0.5) is 0 Å². The summed E-state index contributed by atoms with van der Waals surface area (Å²) in [5.74, 6) is -2.46. The Kier molecular flexibility index (Phi) is 24.4. The standard InChI is InChI=1S/C31H34N2O8P2.4K/c1-21-29(30(34)31(32)35)27(28(43(39,40)41)14-8-9-15-42(36,37)38)20-33(21)19-22-16-25(23-10-4-2-5-11-23)18-26(17-22)24-12-6-3-7-13-24;;;;/h2-7,10-13,16-18,20,28H,8-9,14-15,19H2,1H3,(H2,32,35)(H2,36,37,38)(H2,39,40,41);;;;/q;4*+1/p-4. The summed E-state index contributed by atoms with van der Waals surface area (Å²) in [6.45, 7) is 1.69. The van der Waals surface area contributed by atoms with Crippen molar-refractivity contribution in [1.29, 1.82) is 0 Å². The number of rotatable bonds is 13. The topological polar surface area (TPSA) is 191 Å². The third-order valence-electron chi connectivity index (χ3n) is 7.29. The van der Waals surface area contributed by atoms with Gasteiger partial charge in [-0.05, 0) is 77.5 Å². The number of nitrogens with two attached hydrogens (primary N) is 1. The number of ketones is 1. The van der Waals surface area contributed by atoms with Crippen LogP contribution in [0, 0.1) is 6.92 Å². The van der Waals surface area contributed by atoms with Gasteiger partial charge >= 0.3 is 206 Å². The number of unbranched alkanes of at least 4 members (excludes halogenated alkanes) is 1. The molecule has 1 unspecified atom stereocenters. The summed E-state index contributed by atoms with van der Waals surface area (Å²) < 4.78 is 25.0. The van der Waals surface area contributed by atoms with Crippen LogP contribution < -0.4 is 231 Å². The number of carbonyl (C=O) groups excluding carboxylic acids is 2. The Morgan fingerprint density at radius 3 is 1.68 bits per heavy atom. The van der Waals surface area contributed by atoms with Crippen LogP contribution in [0.15, 0.2) is 85.1 Å². The third kappa shape index (κ3) is 14.9. The Labute approximate surface area is 445 Å². The number of hydrogen-bond acceptors (Lipinski definition) is 8. The van der Waals surface area contributed by atoms with Crippen LogP contribution in [0.2, 0.25) is 0 Å². The van der Waals surface area contributed by atoms with Crippen LogP contribution in [0.3, 0.4) is 0 Å². The van der Waals surface area contributed by atoms with E-state index >= 15 is 0 Å². The van der Waals surface area contributed by atoms with E-state index in [9.17, 15) is 38.3 Å². The predicted molar refractivity (Wildman–Crippen MR) is 156 cm³/mol. The minimum atomic E-state index is -5.40. The van der Waals surface area contributed by atoms with Gasteiger partial charge in [0.05, 0.1) is 5.56 Å². The second-order valence-electron chi connectivity index (χ2n) is 10.4. The smallest absolute Gasteiger partial charge is 0.811 e. The second kappa shape index (κ2) is 23.0. The maximum atomic E-state index is 12.9. The summed E-state index contributed by atoms with van der Waals surface area (Å²) in [5.41, 5.74) is 7.93. The minimum Gasteiger partial charge on any atom is -0.811 e. The predicted octanol–water partition coefficient (Wildman–Crippen LogP) is -9.10. The maximum Gasteiger partial charge on any atom is 1.00 e. The Bertz CT molecular complexity index is 1670. The fraction of sp³-hybridized carbons (Fsp3) is 0.226. The minimum absolute atomic E-state index is 0. The first kappa shape index (κ1) is 49.9. The van der Waals surface area contributed by atoms with Crippen molar-refractivity contribution in [3.63, 3.8) is 0 Å². The van der Waals surface area contributed by atoms with Crippen LogP contribution in [-0.2, 0) is 20.5 Å². The van der Waals surface area contributed by atoms with Gasteiger partial charge in [-0.2, -0.15) is 0 Å². The monoisotopic (exact) mass is 776 g/mol. The van der Waals surface area contributed by atoms with Gasteiger partial charge in [0.1, 0.15) is 0 Å². The van der Waals surface area contributed by atoms with Crippen LogP contribution in [0.1, 0.15) is 52.1 Å². The van der Waals surface area contributed by atoms with E-state index in [2.05, 4.69) is 0 Å². The summed E-state index contributed by atoms with van der Waals surface area (Å²) in [5, 5.41) is 0. The molecule has 1 amide bonds. The van der Waals surface area contributed by atoms with Gasteiger partial charge in [-0.25, -0.2) is 0 Å². The van der Waals surface area contributed by atoms with Crippen molar-refractivity contribution < 1.29 is 244 Å². The quantitative estimate of drug-likeness (QED) is 0.0455. The molecule has 0 aliphatic rings. The van der Waals surface area contributed by atoms with Crippen molar-refractivity contribution in [2.24, 2.45) is 5.73 Å². The number of carbonyl (C=O) groups is 2. The summed E-state index contributed by atoms with van der Waals surface area (Å²) >= 11 is 0. The van der Waals surface area contributed by atoms with Gasteiger partial charge in [0, 0.05) is 24.1 Å². The number of Topliss-reactive ketones (excluding diaryl/α,β-unsaturated/α-hetero) is 1. The van der Waals surface area contributed by atoms with Gasteiger partial charge in [-0.15, -0.1) is 0 Å². The van der Waals surface area contributed by atoms with Crippen LogP contribution in [-0.4, -0.2) is 22.4 Å². The Balaban J connectivity index is 0.00000529. The molecule has 16 heteroatoms. The fourth-order valence-corrected chi connectivity index (χ4v) is 6.87. The third-order valence-corrected chi connectivity index (χ3v) is 9.45. The molecule has 0 saturated carbocycles. The van der Waals surface area contributed by atoms with E-state index in [1.165, 1.54) is 13.1 Å². The molecule has 2 N–H and O–H groups in total. The summed E-state index contributed by atoms with van der Waals surface area (Å²) in [6.07, 6.45) is 0.0859. The van der Waals surface area contributed by atoms with E-state index in [1.54, 1.807) is 4.57 Å². The molecule has 1 heterocycles. The molecular weight excluding hydrogens is 747 g/mol. The Morgan fingerprint density at radius 1 is 0.766 bits per heavy atom. The van der Waals surface area contributed by atoms with Crippen molar-refractivity contribution >= 4 is 26.9 Å². The molecule has 47 heavy (non-hydrogen) atoms. The molecule has 0 aliphatic carbocycles. The second-order valence-corrected chi connectivity index (χ2v) is 13.8. The molecule has 1 atom stereocenters. The van der Waals surface area contributed by atoms with E-state index in [1.807, 2.05) is 78.9 Å². The molecule has 0 spiro atoms. The van der Waals surface area contributed by atoms with Gasteiger partial charge in [0.25, 0.3) is 11.7 Å². The zero-order valence-corrected chi connectivity index (χ0v) is 41.7. The van der Waals surface area contributed by atoms with Crippen LogP contribution >= 0.6 is 15.2 Å². The first-order valence-corrected chi connectivity index (χ1v) is 16.9. The number of benzene rings is 3. The van der Waals surface area contributed by atoms with Crippen LogP contribution in [0.5, 0.6) is 0 Å². The van der Waals surface area contributed by atoms with E-state index in [0.29, 0.717) is 0 Å². The van der Waals surface area contributed by atoms with E-state index in [-0.39, 0.29) is 248 Å². The number of amides is 1. The van der Waals surface area contributed by atoms with Crippen molar-refractivity contribution in [1.82, 2.24) is 4.57 Å². The molecular formula is C31H30K4N2O8P2. The molecule has 0 fully saturated rings. The first-order chi connectivity index (χ1) is 20.2. The number of primary amides is 1. The van der Waals surface area contributed by atoms with Crippen molar-refractivity contribution in [2.45, 2.75) is 38.4 Å². The summed E-state index contributed by atoms with van der Waals surface area (Å²) in [6, 6.07) is 25.4. The van der Waals surface area contributed by atoms with E-state index in [4.69, 9.17) is 5.73 Å². The largest absolute Gasteiger partial charge is 1.00 e. The van der Waals surface area contributed by atoms with E-state index < -0.39 is 38.7 Å². The fourth-order valence-electron chi connectivity index (χ4n) is 5.22. The van der Waals surface area contributed by atoms with Crippen molar-refractivity contribution in [3.8, 4) is 22.3 Å². The molecule has 4 rings (SSSR count). The maximum absolute atomic E-state index is 12.9. The van der Waals surface area contributed by atoms with Crippen LogP contribution in [0.25, 0.3) is 22.3 Å². The zero-order chi connectivity index (χ0) is 31.4. The van der Waals surface area contributed by atoms with Gasteiger partial charge in [0.2, 0.25) is 0 Å². The molecule has 3 aromatic carbocycles. The number of hydrogen-bond donors (Lipinski definition) is 1. The average molecular weight is 777 g/mol. The van der Waals surface area contributed by atoms with E-state index in [0.717, 1.165) is 27.8 Å². The van der Waals surface area contributed by atoms with Gasteiger partial charge in [-0.3, -0.25) is 9.59 Å². The molecule has 4 aromatic rings. The molecule has 0 saturated heterocycles. The summed E-state index contributed by atoms with van der Waals surface area (Å²) in [7, 11) is -10.2. The first-order valence-electron chi connectivity index (χ1n) is 13.6. The molecule has 1 aromatic heterocycles. The molecule has 0 radical (unpaired) electrons. The molecule has 10 nitrogen and oxygen atoms in total. The van der Waals surface area contributed by atoms with Gasteiger partial charge in [0.15, 0.2) is 0 Å². The molecule has 0 aliphatic heterocycles. The zero-order valence-electron chi connectivity index (χ0n) is 27.4. The molecule has 0 bridgehead atoms. The Hall–Kier alpha value is 2.93. The van der Waals surface area contributed by atoms with Crippen molar-refractivity contribution in [3.05, 3.63) is 107 Å². The van der Waals surface area contributed by atoms with Crippen molar-refractivity contribution in [2.75, 3.05) is 6.16 Å². The average Bonchev–Trinajstić information content (AvgIpc) is 3.26. The SMILES string of the molecule is Cc1c(C(=O)C(N)=O)c(C(CCCCP(=O)([O-])[O-])P(=O)([O-])[O-])cn1Cc1cc(-c2ccccc2)cc(-c2ccccc2)c1.[K+].[K+].[K+].[K+]. The number of aromatic nitrogens is 1. The number of nitrogens with zero attached hydrogens (tertiary/aromatic N) is 1. The normalized spacial score (nSPS) is 11.6. The van der Waals surface area contributed by atoms with Gasteiger partial charge in [-0.1, -0.05) is 82.3 Å². The molecule has 226 valence electrons. The summed E-state index contributed by atoms with van der Waals surface area (Å²) in [4.78, 5) is 71.7.